The van der Waals surface area contributed by atoms with E-state index in [4.69, 9.17) is 14.2 Å². The van der Waals surface area contributed by atoms with Gasteiger partial charge in [-0.2, -0.15) is 0 Å². The molecule has 2 N–H and O–H groups in total. The van der Waals surface area contributed by atoms with Gasteiger partial charge in [-0.25, -0.2) is 0 Å². The lowest BCUT2D eigenvalue weighted by molar-refractivity contribution is 0.102. The van der Waals surface area contributed by atoms with Crippen LogP contribution in [0, 0.1) is 0 Å². The Labute approximate surface area is 195 Å². The molecule has 0 spiro atoms. The maximum atomic E-state index is 12.9. The van der Waals surface area contributed by atoms with Gasteiger partial charge in [0.1, 0.15) is 6.17 Å². The third-order valence-corrected chi connectivity index (χ3v) is 5.28. The van der Waals surface area contributed by atoms with E-state index in [0.717, 1.165) is 11.3 Å². The molecule has 0 aliphatic carbocycles. The van der Waals surface area contributed by atoms with Gasteiger partial charge >= 0.3 is 0 Å². The Hall–Kier alpha value is -3.87. The summed E-state index contributed by atoms with van der Waals surface area (Å²) in [7, 11) is 4.56. The molecule has 0 fully saturated rings. The van der Waals surface area contributed by atoms with Crippen LogP contribution in [0.5, 0.6) is 17.2 Å². The fourth-order valence-corrected chi connectivity index (χ4v) is 3.68. The van der Waals surface area contributed by atoms with Crippen LogP contribution in [0.2, 0.25) is 0 Å². The molecule has 7 nitrogen and oxygen atoms in total. The maximum Gasteiger partial charge on any atom is 0.255 e. The normalized spacial score (nSPS) is 15.8. The molecule has 2 aliphatic heterocycles. The number of amides is 1. The Kier molecular flexibility index (Phi) is 7.66. The summed E-state index contributed by atoms with van der Waals surface area (Å²) in [6.07, 6.45) is 8.35. The summed E-state index contributed by atoms with van der Waals surface area (Å²) >= 11 is 0. The molecule has 2 aromatic rings. The maximum absolute atomic E-state index is 12.9. The number of hydrogen-bond donors (Lipinski definition) is 2. The predicted octanol–water partition coefficient (Wildman–Crippen LogP) is 4.99. The van der Waals surface area contributed by atoms with Crippen molar-refractivity contribution in [3.63, 3.8) is 0 Å². The number of fused-ring (bicyclic) bond motifs is 1. The van der Waals surface area contributed by atoms with E-state index in [9.17, 15) is 4.79 Å². The van der Waals surface area contributed by atoms with Crippen LogP contribution in [-0.4, -0.2) is 38.3 Å². The first kappa shape index (κ1) is 23.8. The van der Waals surface area contributed by atoms with Crippen molar-refractivity contribution in [3.05, 3.63) is 77.7 Å². The van der Waals surface area contributed by atoms with Crippen LogP contribution in [0.1, 0.15) is 36.7 Å². The van der Waals surface area contributed by atoms with Gasteiger partial charge in [-0.05, 0) is 42.8 Å². The van der Waals surface area contributed by atoms with Crippen molar-refractivity contribution < 1.29 is 19.0 Å². The number of allylic oxidation sites excluding steroid dienone is 2. The Bertz CT molecular complexity index is 1080. The number of methoxy groups -OCH3 is 3. The van der Waals surface area contributed by atoms with Crippen LogP contribution in [0.15, 0.2) is 66.5 Å². The van der Waals surface area contributed by atoms with Crippen molar-refractivity contribution in [3.8, 4) is 17.2 Å². The molecule has 2 aromatic carbocycles. The average Bonchev–Trinajstić information content (AvgIpc) is 3.30. The molecule has 2 aliphatic rings. The van der Waals surface area contributed by atoms with Crippen LogP contribution in [0.25, 0.3) is 5.70 Å². The second kappa shape index (κ2) is 10.6. The first-order valence-corrected chi connectivity index (χ1v) is 10.9. The molecule has 0 bridgehead atoms. The average molecular weight is 450 g/mol. The van der Waals surface area contributed by atoms with Crippen molar-refractivity contribution in [1.29, 1.82) is 0 Å². The van der Waals surface area contributed by atoms with E-state index in [1.54, 1.807) is 12.1 Å². The van der Waals surface area contributed by atoms with E-state index in [1.807, 2.05) is 50.4 Å². The largest absolute Gasteiger partial charge is 0.493 e. The summed E-state index contributed by atoms with van der Waals surface area (Å²) in [5, 5.41) is 6.47. The lowest BCUT2D eigenvalue weighted by Crippen LogP contribution is -2.35. The summed E-state index contributed by atoms with van der Waals surface area (Å²) in [4.78, 5) is 15.0. The predicted molar refractivity (Wildman–Crippen MR) is 131 cm³/mol. The van der Waals surface area contributed by atoms with Crippen LogP contribution in [0.3, 0.4) is 0 Å². The van der Waals surface area contributed by atoms with Gasteiger partial charge in [0.15, 0.2) is 11.5 Å². The van der Waals surface area contributed by atoms with Crippen LogP contribution < -0.4 is 24.8 Å². The van der Waals surface area contributed by atoms with Gasteiger partial charge in [0.05, 0.1) is 27.0 Å². The standard InChI is InChI=1S/C24H25N3O4.C2H6/c1-15-7-6-10-27-14-19(26-23(15)27)16-8-5-9-18(11-16)25-24(28)17-12-20(29-2)22(31-4)21(13-17)30-3;1-2/h5-14,23,26H,1-4H3,(H,25,28);1-2H3. The van der Waals surface area contributed by atoms with E-state index in [1.165, 1.54) is 26.9 Å². The summed E-state index contributed by atoms with van der Waals surface area (Å²) in [6, 6.07) is 11.0. The smallest absolute Gasteiger partial charge is 0.255 e. The fraction of sp³-hybridized carbons (Fsp3) is 0.269. The number of carbonyl (C=O) groups excluding carboxylic acids is 1. The summed E-state index contributed by atoms with van der Waals surface area (Å²) in [5.74, 6) is 1.02. The minimum Gasteiger partial charge on any atom is -0.493 e. The van der Waals surface area contributed by atoms with E-state index in [-0.39, 0.29) is 12.1 Å². The second-order valence-corrected chi connectivity index (χ2v) is 7.24. The van der Waals surface area contributed by atoms with Crippen molar-refractivity contribution in [2.24, 2.45) is 0 Å². The molecule has 1 unspecified atom stereocenters. The Morgan fingerprint density at radius 1 is 1.03 bits per heavy atom. The SMILES string of the molecule is CC.COc1cc(C(=O)Nc2cccc(C3=CN4C=CC=C(C)C4N3)c2)cc(OC)c1OC. The van der Waals surface area contributed by atoms with Gasteiger partial charge < -0.3 is 29.7 Å². The van der Waals surface area contributed by atoms with Gasteiger partial charge in [0, 0.05) is 29.2 Å². The van der Waals surface area contributed by atoms with Gasteiger partial charge in [0.2, 0.25) is 5.75 Å². The highest BCUT2D eigenvalue weighted by Crippen LogP contribution is 2.38. The monoisotopic (exact) mass is 449 g/mol. The molecule has 0 aromatic heterocycles. The highest BCUT2D eigenvalue weighted by molar-refractivity contribution is 6.05. The zero-order valence-corrected chi connectivity index (χ0v) is 19.9. The van der Waals surface area contributed by atoms with Crippen molar-refractivity contribution in [2.75, 3.05) is 26.6 Å². The first-order valence-electron chi connectivity index (χ1n) is 10.9. The minimum atomic E-state index is -0.274. The lowest BCUT2D eigenvalue weighted by atomic mass is 10.1. The molecule has 1 amide bonds. The first-order chi connectivity index (χ1) is 16.0. The highest BCUT2D eigenvalue weighted by atomic mass is 16.5. The highest BCUT2D eigenvalue weighted by Gasteiger charge is 2.25. The molecule has 7 heteroatoms. The quantitative estimate of drug-likeness (QED) is 0.647. The summed E-state index contributed by atoms with van der Waals surface area (Å²) < 4.78 is 16.0. The van der Waals surface area contributed by atoms with E-state index < -0.39 is 0 Å². The molecule has 0 radical (unpaired) electrons. The number of ether oxygens (including phenoxy) is 3. The van der Waals surface area contributed by atoms with Gasteiger partial charge in [-0.1, -0.05) is 32.1 Å². The molecule has 0 saturated heterocycles. The summed E-state index contributed by atoms with van der Waals surface area (Å²) in [6.45, 7) is 6.10. The van der Waals surface area contributed by atoms with Gasteiger partial charge in [-0.15, -0.1) is 0 Å². The third kappa shape index (κ3) is 4.98. The minimum absolute atomic E-state index is 0.123. The zero-order chi connectivity index (χ0) is 24.0. The van der Waals surface area contributed by atoms with E-state index in [2.05, 4.69) is 34.7 Å². The second-order valence-electron chi connectivity index (χ2n) is 7.24. The van der Waals surface area contributed by atoms with Gasteiger partial charge in [0.25, 0.3) is 5.91 Å². The Morgan fingerprint density at radius 3 is 2.33 bits per heavy atom. The van der Waals surface area contributed by atoms with E-state index in [0.29, 0.717) is 28.5 Å². The van der Waals surface area contributed by atoms with Crippen LogP contribution >= 0.6 is 0 Å². The number of hydrogen-bond acceptors (Lipinski definition) is 6. The molecule has 33 heavy (non-hydrogen) atoms. The molecule has 174 valence electrons. The molecule has 1 atom stereocenters. The number of benzene rings is 2. The molecular weight excluding hydrogens is 418 g/mol. The lowest BCUT2D eigenvalue weighted by Gasteiger charge is -2.25. The zero-order valence-electron chi connectivity index (χ0n) is 19.9. The van der Waals surface area contributed by atoms with Crippen molar-refractivity contribution >= 4 is 17.3 Å². The fourth-order valence-electron chi connectivity index (χ4n) is 3.68. The van der Waals surface area contributed by atoms with Gasteiger partial charge in [-0.3, -0.25) is 4.79 Å². The topological polar surface area (TPSA) is 72.1 Å². The Balaban J connectivity index is 0.00000149. The summed E-state index contributed by atoms with van der Waals surface area (Å²) in [5.41, 5.74) is 4.31. The van der Waals surface area contributed by atoms with E-state index >= 15 is 0 Å². The number of carbonyl (C=O) groups is 1. The number of anilines is 1. The number of nitrogens with one attached hydrogen (secondary N) is 2. The Morgan fingerprint density at radius 2 is 1.73 bits per heavy atom. The number of rotatable bonds is 6. The van der Waals surface area contributed by atoms with Crippen molar-refractivity contribution in [1.82, 2.24) is 10.2 Å². The molecular formula is C26H31N3O4. The van der Waals surface area contributed by atoms with Crippen LogP contribution in [-0.2, 0) is 0 Å². The van der Waals surface area contributed by atoms with Crippen LogP contribution in [0.4, 0.5) is 5.69 Å². The number of nitrogens with zero attached hydrogens (tertiary/aromatic N) is 1. The third-order valence-electron chi connectivity index (χ3n) is 5.28. The molecule has 0 saturated carbocycles. The molecule has 4 rings (SSSR count). The van der Waals surface area contributed by atoms with Crippen molar-refractivity contribution in [2.45, 2.75) is 26.9 Å². The molecule has 2 heterocycles.